The van der Waals surface area contributed by atoms with Gasteiger partial charge in [-0.3, -0.25) is 14.4 Å². The van der Waals surface area contributed by atoms with Gasteiger partial charge >= 0.3 is 0 Å². The number of rotatable bonds is 10. The molecule has 0 spiro atoms. The molecule has 1 N–H and O–H groups in total. The van der Waals surface area contributed by atoms with Gasteiger partial charge in [0.1, 0.15) is 16.7 Å². The van der Waals surface area contributed by atoms with E-state index < -0.39 is 27.9 Å². The summed E-state index contributed by atoms with van der Waals surface area (Å²) in [6.45, 7) is 5.83. The van der Waals surface area contributed by atoms with Crippen molar-refractivity contribution in [2.24, 2.45) is 5.92 Å². The van der Waals surface area contributed by atoms with Crippen molar-refractivity contribution in [1.82, 2.24) is 14.5 Å². The van der Waals surface area contributed by atoms with Crippen LogP contribution in [-0.4, -0.2) is 61.6 Å². The lowest BCUT2D eigenvalue weighted by atomic mass is 10.1. The number of carbonyl (C=O) groups is 3. The summed E-state index contributed by atoms with van der Waals surface area (Å²) in [5.41, 5.74) is 0.841. The standard InChI is InChI=1S/C25H31N3O6S/c1-17(2)15-26-24(30)18(3)27(16-19-8-7-9-20(14-19)34-4)23(29)12-13-28-25(31)21-10-5-6-11-22(21)35(28,32)33/h5-11,14,17-18H,12-13,15-16H2,1-4H3,(H,26,30). The first-order valence-electron chi connectivity index (χ1n) is 11.4. The van der Waals surface area contributed by atoms with E-state index in [1.54, 1.807) is 37.3 Å². The number of sulfonamides is 1. The summed E-state index contributed by atoms with van der Waals surface area (Å²) >= 11 is 0. The van der Waals surface area contributed by atoms with E-state index >= 15 is 0 Å². The van der Waals surface area contributed by atoms with Crippen molar-refractivity contribution in [3.05, 3.63) is 59.7 Å². The van der Waals surface area contributed by atoms with Crippen LogP contribution in [0.2, 0.25) is 0 Å². The predicted octanol–water partition coefficient (Wildman–Crippen LogP) is 2.42. The Balaban J connectivity index is 1.79. The zero-order valence-corrected chi connectivity index (χ0v) is 21.2. The molecule has 0 saturated carbocycles. The van der Waals surface area contributed by atoms with Crippen LogP contribution in [0.25, 0.3) is 0 Å². The molecule has 3 rings (SSSR count). The Morgan fingerprint density at radius 2 is 1.80 bits per heavy atom. The van der Waals surface area contributed by atoms with Gasteiger partial charge in [-0.25, -0.2) is 12.7 Å². The molecule has 2 aromatic carbocycles. The highest BCUT2D eigenvalue weighted by molar-refractivity contribution is 7.90. The van der Waals surface area contributed by atoms with Gasteiger partial charge in [-0.05, 0) is 42.7 Å². The minimum Gasteiger partial charge on any atom is -0.497 e. The Bertz CT molecular complexity index is 1210. The molecule has 1 aliphatic heterocycles. The van der Waals surface area contributed by atoms with Gasteiger partial charge in [0.2, 0.25) is 11.8 Å². The molecule has 0 aliphatic carbocycles. The molecule has 0 bridgehead atoms. The van der Waals surface area contributed by atoms with E-state index in [0.717, 1.165) is 9.87 Å². The Hall–Kier alpha value is -3.40. The molecule has 0 fully saturated rings. The van der Waals surface area contributed by atoms with E-state index in [4.69, 9.17) is 4.74 Å². The Kier molecular flexibility index (Phi) is 8.16. The summed E-state index contributed by atoms with van der Waals surface area (Å²) in [5.74, 6) is -0.568. The Morgan fingerprint density at radius 3 is 2.46 bits per heavy atom. The summed E-state index contributed by atoms with van der Waals surface area (Å²) in [6, 6.07) is 12.3. The number of nitrogens with zero attached hydrogens (tertiary/aromatic N) is 2. The van der Waals surface area contributed by atoms with Gasteiger partial charge in [0.25, 0.3) is 15.9 Å². The number of hydrogen-bond donors (Lipinski definition) is 1. The lowest BCUT2D eigenvalue weighted by Crippen LogP contribution is -2.49. The maximum atomic E-state index is 13.3. The van der Waals surface area contributed by atoms with E-state index in [1.165, 1.54) is 24.1 Å². The van der Waals surface area contributed by atoms with Crippen molar-refractivity contribution >= 4 is 27.7 Å². The monoisotopic (exact) mass is 501 g/mol. The number of benzene rings is 2. The SMILES string of the molecule is COc1cccc(CN(C(=O)CCN2C(=O)c3ccccc3S2(=O)=O)C(C)C(=O)NCC(C)C)c1. The van der Waals surface area contributed by atoms with Gasteiger partial charge in [0, 0.05) is 26.1 Å². The average molecular weight is 502 g/mol. The molecule has 10 heteroatoms. The van der Waals surface area contributed by atoms with Crippen LogP contribution in [0.5, 0.6) is 5.75 Å². The molecule has 0 saturated heterocycles. The topological polar surface area (TPSA) is 113 Å². The van der Waals surface area contributed by atoms with E-state index in [9.17, 15) is 22.8 Å². The number of fused-ring (bicyclic) bond motifs is 1. The van der Waals surface area contributed by atoms with Crippen LogP contribution in [0, 0.1) is 5.92 Å². The van der Waals surface area contributed by atoms with Crippen molar-refractivity contribution in [1.29, 1.82) is 0 Å². The second-order valence-electron chi connectivity index (χ2n) is 8.82. The first-order valence-corrected chi connectivity index (χ1v) is 12.9. The maximum absolute atomic E-state index is 13.3. The predicted molar refractivity (Wildman–Crippen MR) is 130 cm³/mol. The average Bonchev–Trinajstić information content (AvgIpc) is 3.04. The van der Waals surface area contributed by atoms with E-state index in [1.807, 2.05) is 19.9 Å². The minimum absolute atomic E-state index is 0.0629. The summed E-state index contributed by atoms with van der Waals surface area (Å²) in [5, 5.41) is 2.84. The van der Waals surface area contributed by atoms with Crippen molar-refractivity contribution < 1.29 is 27.5 Å². The molecular formula is C25H31N3O6S. The minimum atomic E-state index is -4.02. The zero-order valence-electron chi connectivity index (χ0n) is 20.4. The van der Waals surface area contributed by atoms with Crippen LogP contribution in [0.1, 0.15) is 43.1 Å². The third kappa shape index (κ3) is 5.82. The fourth-order valence-electron chi connectivity index (χ4n) is 3.80. The summed E-state index contributed by atoms with van der Waals surface area (Å²) in [6.07, 6.45) is -0.259. The van der Waals surface area contributed by atoms with Crippen LogP contribution < -0.4 is 10.1 Å². The summed E-state index contributed by atoms with van der Waals surface area (Å²) in [4.78, 5) is 40.1. The molecule has 9 nitrogen and oxygen atoms in total. The van der Waals surface area contributed by atoms with Crippen molar-refractivity contribution in [3.8, 4) is 5.75 Å². The highest BCUT2D eigenvalue weighted by atomic mass is 32.2. The molecular weight excluding hydrogens is 470 g/mol. The van der Waals surface area contributed by atoms with Crippen LogP contribution in [0.15, 0.2) is 53.4 Å². The quantitative estimate of drug-likeness (QED) is 0.535. The third-order valence-electron chi connectivity index (χ3n) is 5.78. The van der Waals surface area contributed by atoms with E-state index in [2.05, 4.69) is 5.32 Å². The van der Waals surface area contributed by atoms with Gasteiger partial charge in [0.05, 0.1) is 12.7 Å². The fourth-order valence-corrected chi connectivity index (χ4v) is 5.37. The molecule has 0 radical (unpaired) electrons. The maximum Gasteiger partial charge on any atom is 0.269 e. The summed E-state index contributed by atoms with van der Waals surface area (Å²) in [7, 11) is -2.49. The molecule has 1 atom stereocenters. The van der Waals surface area contributed by atoms with Crippen molar-refractivity contribution in [2.75, 3.05) is 20.2 Å². The molecule has 2 aromatic rings. The normalized spacial score (nSPS) is 15.0. The molecule has 35 heavy (non-hydrogen) atoms. The van der Waals surface area contributed by atoms with Crippen molar-refractivity contribution in [3.63, 3.8) is 0 Å². The van der Waals surface area contributed by atoms with Gasteiger partial charge in [-0.2, -0.15) is 0 Å². The number of nitrogens with one attached hydrogen (secondary N) is 1. The smallest absolute Gasteiger partial charge is 0.269 e. The highest BCUT2D eigenvalue weighted by Crippen LogP contribution is 2.30. The van der Waals surface area contributed by atoms with Crippen LogP contribution >= 0.6 is 0 Å². The molecule has 1 unspecified atom stereocenters. The molecule has 1 aliphatic rings. The second-order valence-corrected chi connectivity index (χ2v) is 10.6. The largest absolute Gasteiger partial charge is 0.497 e. The number of amides is 3. The first kappa shape index (κ1) is 26.2. The van der Waals surface area contributed by atoms with Gasteiger partial charge < -0.3 is 15.0 Å². The van der Waals surface area contributed by atoms with Crippen molar-refractivity contribution in [2.45, 2.75) is 44.7 Å². The summed E-state index contributed by atoms with van der Waals surface area (Å²) < 4.78 is 31.6. The van der Waals surface area contributed by atoms with Gasteiger partial charge in [-0.15, -0.1) is 0 Å². The number of hydrogen-bond acceptors (Lipinski definition) is 6. The third-order valence-corrected chi connectivity index (χ3v) is 7.62. The number of carbonyl (C=O) groups excluding carboxylic acids is 3. The highest BCUT2D eigenvalue weighted by Gasteiger charge is 2.41. The van der Waals surface area contributed by atoms with Gasteiger partial charge in [0.15, 0.2) is 0 Å². The van der Waals surface area contributed by atoms with Gasteiger partial charge in [-0.1, -0.05) is 38.1 Å². The molecule has 188 valence electrons. The van der Waals surface area contributed by atoms with Crippen LogP contribution in [0.3, 0.4) is 0 Å². The zero-order chi connectivity index (χ0) is 25.8. The fraction of sp³-hybridized carbons (Fsp3) is 0.400. The molecule has 3 amide bonds. The molecule has 0 aromatic heterocycles. The van der Waals surface area contributed by atoms with Crippen LogP contribution in [0.4, 0.5) is 0 Å². The first-order chi connectivity index (χ1) is 16.6. The van der Waals surface area contributed by atoms with E-state index in [-0.39, 0.29) is 41.8 Å². The second kappa shape index (κ2) is 10.9. The lowest BCUT2D eigenvalue weighted by Gasteiger charge is -2.29. The van der Waals surface area contributed by atoms with E-state index in [0.29, 0.717) is 12.3 Å². The number of ether oxygens (including phenoxy) is 1. The van der Waals surface area contributed by atoms with Crippen LogP contribution in [-0.2, 0) is 26.2 Å². The number of methoxy groups -OCH3 is 1. The molecule has 1 heterocycles. The lowest BCUT2D eigenvalue weighted by molar-refractivity contribution is -0.140. The Labute approximate surface area is 206 Å². The Morgan fingerprint density at radius 1 is 1.09 bits per heavy atom.